The van der Waals surface area contributed by atoms with Gasteiger partial charge in [0.1, 0.15) is 5.75 Å². The third-order valence-electron chi connectivity index (χ3n) is 4.75. The first-order valence-corrected chi connectivity index (χ1v) is 8.90. The van der Waals surface area contributed by atoms with Gasteiger partial charge >= 0.3 is 5.97 Å². The summed E-state index contributed by atoms with van der Waals surface area (Å²) in [5.74, 6) is -1.99. The van der Waals surface area contributed by atoms with Gasteiger partial charge in [-0.05, 0) is 23.3 Å². The van der Waals surface area contributed by atoms with Crippen molar-refractivity contribution in [3.05, 3.63) is 65.2 Å². The van der Waals surface area contributed by atoms with Gasteiger partial charge in [-0.1, -0.05) is 36.4 Å². The summed E-state index contributed by atoms with van der Waals surface area (Å²) in [6.45, 7) is 0.220. The van der Waals surface area contributed by atoms with E-state index in [0.717, 1.165) is 11.1 Å². The smallest absolute Gasteiger partial charge is 0.312 e. The molecule has 0 spiro atoms. The molecule has 7 nitrogen and oxygen atoms in total. The summed E-state index contributed by atoms with van der Waals surface area (Å²) in [7, 11) is 3.25. The molecule has 0 aromatic heterocycles. The van der Waals surface area contributed by atoms with Gasteiger partial charge in [0.2, 0.25) is 0 Å². The lowest BCUT2D eigenvalue weighted by Crippen LogP contribution is -2.40. The highest BCUT2D eigenvalue weighted by molar-refractivity contribution is 5.97. The normalized spacial score (nSPS) is 15.5. The van der Waals surface area contributed by atoms with Crippen LogP contribution >= 0.6 is 0 Å². The molecule has 28 heavy (non-hydrogen) atoms. The summed E-state index contributed by atoms with van der Waals surface area (Å²) in [5, 5.41) is 9.60. The van der Waals surface area contributed by atoms with Crippen LogP contribution in [0, 0.1) is 0 Å². The molecule has 1 heterocycles. The summed E-state index contributed by atoms with van der Waals surface area (Å²) in [4.78, 5) is 39.6. The molecule has 0 radical (unpaired) electrons. The molecule has 0 saturated carbocycles. The number of hydrogen-bond donors (Lipinski definition) is 1. The van der Waals surface area contributed by atoms with Crippen LogP contribution in [0.15, 0.2) is 48.5 Å². The zero-order valence-electron chi connectivity index (χ0n) is 15.8. The van der Waals surface area contributed by atoms with Gasteiger partial charge in [0.15, 0.2) is 6.61 Å². The van der Waals surface area contributed by atoms with Crippen LogP contribution in [0.25, 0.3) is 0 Å². The van der Waals surface area contributed by atoms with Gasteiger partial charge in [-0.3, -0.25) is 14.4 Å². The molecule has 2 aromatic rings. The molecule has 0 bridgehead atoms. The van der Waals surface area contributed by atoms with E-state index in [4.69, 9.17) is 4.74 Å². The number of ether oxygens (including phenoxy) is 1. The molecule has 3 rings (SSSR count). The van der Waals surface area contributed by atoms with Gasteiger partial charge in [-0.15, -0.1) is 0 Å². The Labute approximate surface area is 163 Å². The van der Waals surface area contributed by atoms with Gasteiger partial charge in [-0.2, -0.15) is 0 Å². The predicted octanol–water partition coefficient (Wildman–Crippen LogP) is 1.98. The van der Waals surface area contributed by atoms with E-state index in [9.17, 15) is 19.5 Å². The number of nitrogens with zero attached hydrogens (tertiary/aromatic N) is 2. The number of likely N-dealkylation sites (N-methyl/N-ethyl adjacent to an activating group) is 1. The second kappa shape index (κ2) is 8.12. The van der Waals surface area contributed by atoms with E-state index >= 15 is 0 Å². The Morgan fingerprint density at radius 3 is 2.50 bits per heavy atom. The van der Waals surface area contributed by atoms with Crippen molar-refractivity contribution >= 4 is 17.8 Å². The molecule has 2 amide bonds. The Morgan fingerprint density at radius 2 is 1.79 bits per heavy atom. The van der Waals surface area contributed by atoms with E-state index in [2.05, 4.69) is 0 Å². The van der Waals surface area contributed by atoms with Gasteiger partial charge in [0.05, 0.1) is 11.5 Å². The molecule has 1 unspecified atom stereocenters. The van der Waals surface area contributed by atoms with Crippen molar-refractivity contribution in [2.45, 2.75) is 12.5 Å². The SMILES string of the molecule is CN(C)C(=O)COc1ccccc1C(=O)N1Cc2ccccc2C(C(=O)O)C1. The topological polar surface area (TPSA) is 87.2 Å². The zero-order chi connectivity index (χ0) is 20.3. The third-order valence-corrected chi connectivity index (χ3v) is 4.75. The number of benzene rings is 2. The summed E-state index contributed by atoms with van der Waals surface area (Å²) >= 11 is 0. The Morgan fingerprint density at radius 1 is 1.11 bits per heavy atom. The first-order valence-electron chi connectivity index (χ1n) is 8.90. The van der Waals surface area contributed by atoms with Crippen LogP contribution in [0.3, 0.4) is 0 Å². The van der Waals surface area contributed by atoms with Crippen LogP contribution < -0.4 is 4.74 Å². The monoisotopic (exact) mass is 382 g/mol. The largest absolute Gasteiger partial charge is 0.483 e. The standard InChI is InChI=1S/C21H22N2O5/c1-22(2)19(24)13-28-18-10-6-5-9-16(18)20(25)23-11-14-7-3-4-8-15(14)17(12-23)21(26)27/h3-10,17H,11-13H2,1-2H3,(H,26,27). The quantitative estimate of drug-likeness (QED) is 0.854. The van der Waals surface area contributed by atoms with Crippen molar-refractivity contribution in [2.75, 3.05) is 27.2 Å². The van der Waals surface area contributed by atoms with E-state index in [1.54, 1.807) is 50.5 Å². The number of carboxylic acids is 1. The van der Waals surface area contributed by atoms with Gasteiger partial charge in [0.25, 0.3) is 11.8 Å². The van der Waals surface area contributed by atoms with Crippen LogP contribution in [-0.2, 0) is 16.1 Å². The average Bonchev–Trinajstić information content (AvgIpc) is 2.70. The van der Waals surface area contributed by atoms with E-state index < -0.39 is 11.9 Å². The van der Waals surface area contributed by atoms with Crippen molar-refractivity contribution in [3.8, 4) is 5.75 Å². The summed E-state index contributed by atoms with van der Waals surface area (Å²) in [6, 6.07) is 13.9. The number of para-hydroxylation sites is 1. The zero-order valence-corrected chi connectivity index (χ0v) is 15.8. The maximum Gasteiger partial charge on any atom is 0.312 e. The van der Waals surface area contributed by atoms with Crippen molar-refractivity contribution in [1.29, 1.82) is 0 Å². The first kappa shape index (κ1) is 19.4. The Bertz CT molecular complexity index is 909. The van der Waals surface area contributed by atoms with E-state index in [1.165, 1.54) is 9.80 Å². The van der Waals surface area contributed by atoms with E-state index in [-0.39, 0.29) is 25.0 Å². The Kier molecular flexibility index (Phi) is 5.63. The van der Waals surface area contributed by atoms with E-state index in [0.29, 0.717) is 17.9 Å². The van der Waals surface area contributed by atoms with Crippen LogP contribution in [-0.4, -0.2) is 59.9 Å². The molecule has 0 aliphatic carbocycles. The number of aliphatic carboxylic acids is 1. The highest BCUT2D eigenvalue weighted by Gasteiger charge is 2.33. The van der Waals surface area contributed by atoms with Crippen molar-refractivity contribution in [2.24, 2.45) is 0 Å². The van der Waals surface area contributed by atoms with Gasteiger partial charge in [-0.25, -0.2) is 0 Å². The number of fused-ring (bicyclic) bond motifs is 1. The fourth-order valence-corrected chi connectivity index (χ4v) is 3.18. The van der Waals surface area contributed by atoms with E-state index in [1.807, 2.05) is 12.1 Å². The number of carbonyl (C=O) groups excluding carboxylic acids is 2. The van der Waals surface area contributed by atoms with Crippen LogP contribution in [0.4, 0.5) is 0 Å². The first-order chi connectivity index (χ1) is 13.4. The van der Waals surface area contributed by atoms with Crippen LogP contribution in [0.2, 0.25) is 0 Å². The number of amides is 2. The van der Waals surface area contributed by atoms with Gasteiger partial charge < -0.3 is 19.6 Å². The molecular formula is C21H22N2O5. The second-order valence-electron chi connectivity index (χ2n) is 6.85. The Hall–Kier alpha value is -3.35. The lowest BCUT2D eigenvalue weighted by Gasteiger charge is -2.33. The molecule has 146 valence electrons. The van der Waals surface area contributed by atoms with Gasteiger partial charge in [0, 0.05) is 27.2 Å². The number of rotatable bonds is 5. The molecule has 1 atom stereocenters. The fraction of sp³-hybridized carbons (Fsp3) is 0.286. The van der Waals surface area contributed by atoms with Crippen molar-refractivity contribution in [3.63, 3.8) is 0 Å². The highest BCUT2D eigenvalue weighted by atomic mass is 16.5. The fourth-order valence-electron chi connectivity index (χ4n) is 3.18. The molecule has 0 saturated heterocycles. The number of carboxylic acid groups (broad SMARTS) is 1. The predicted molar refractivity (Wildman–Crippen MR) is 102 cm³/mol. The molecule has 7 heteroatoms. The maximum absolute atomic E-state index is 13.1. The molecule has 1 aliphatic heterocycles. The maximum atomic E-state index is 13.1. The minimum atomic E-state index is -0.967. The molecular weight excluding hydrogens is 360 g/mol. The molecule has 0 fully saturated rings. The molecule has 2 aromatic carbocycles. The van der Waals surface area contributed by atoms with Crippen LogP contribution in [0.1, 0.15) is 27.4 Å². The van der Waals surface area contributed by atoms with Crippen molar-refractivity contribution in [1.82, 2.24) is 9.80 Å². The highest BCUT2D eigenvalue weighted by Crippen LogP contribution is 2.30. The summed E-state index contributed by atoms with van der Waals surface area (Å²) in [6.07, 6.45) is 0. The third kappa shape index (κ3) is 3.98. The summed E-state index contributed by atoms with van der Waals surface area (Å²) < 4.78 is 5.56. The minimum Gasteiger partial charge on any atom is -0.483 e. The molecule has 1 aliphatic rings. The van der Waals surface area contributed by atoms with Crippen LogP contribution in [0.5, 0.6) is 5.75 Å². The molecule has 1 N–H and O–H groups in total. The lowest BCUT2D eigenvalue weighted by molar-refractivity contribution is -0.139. The average molecular weight is 382 g/mol. The lowest BCUT2D eigenvalue weighted by atomic mass is 9.89. The minimum absolute atomic E-state index is 0.0795. The number of carbonyl (C=O) groups is 3. The van der Waals surface area contributed by atoms with Crippen molar-refractivity contribution < 1.29 is 24.2 Å². The Balaban J connectivity index is 1.85. The second-order valence-corrected chi connectivity index (χ2v) is 6.85. The summed E-state index contributed by atoms with van der Waals surface area (Å²) in [5.41, 5.74) is 1.86. The number of hydrogen-bond acceptors (Lipinski definition) is 4.